The molecular formula is C10H10Cl2N4. The highest BCUT2D eigenvalue weighted by Gasteiger charge is 2.16. The van der Waals surface area contributed by atoms with Gasteiger partial charge in [-0.3, -0.25) is 4.68 Å². The molecule has 2 aromatic rings. The lowest BCUT2D eigenvalue weighted by molar-refractivity contribution is 0.651. The minimum Gasteiger partial charge on any atom is -0.319 e. The van der Waals surface area contributed by atoms with Gasteiger partial charge in [-0.15, -0.1) is 5.10 Å². The second kappa shape index (κ2) is 4.41. The van der Waals surface area contributed by atoms with Crippen LogP contribution < -0.4 is 5.73 Å². The van der Waals surface area contributed by atoms with Crippen LogP contribution in [-0.4, -0.2) is 15.0 Å². The summed E-state index contributed by atoms with van der Waals surface area (Å²) >= 11 is 11.9. The molecule has 0 saturated carbocycles. The Labute approximate surface area is 103 Å². The summed E-state index contributed by atoms with van der Waals surface area (Å²) in [5.74, 6) is 0. The third kappa shape index (κ3) is 2.04. The van der Waals surface area contributed by atoms with Crippen LogP contribution >= 0.6 is 23.2 Å². The van der Waals surface area contributed by atoms with Crippen molar-refractivity contribution in [3.63, 3.8) is 0 Å². The SMILES string of the molecule is Cn1nncc1C(N)c1ccc(Cl)cc1Cl. The van der Waals surface area contributed by atoms with Crippen molar-refractivity contribution >= 4 is 23.2 Å². The van der Waals surface area contributed by atoms with E-state index in [4.69, 9.17) is 28.9 Å². The summed E-state index contributed by atoms with van der Waals surface area (Å²) in [7, 11) is 1.78. The van der Waals surface area contributed by atoms with Gasteiger partial charge in [0.2, 0.25) is 0 Å². The van der Waals surface area contributed by atoms with Crippen LogP contribution in [0.25, 0.3) is 0 Å². The molecule has 0 fully saturated rings. The largest absolute Gasteiger partial charge is 0.319 e. The summed E-state index contributed by atoms with van der Waals surface area (Å²) in [5, 5.41) is 8.74. The van der Waals surface area contributed by atoms with Crippen molar-refractivity contribution in [2.75, 3.05) is 0 Å². The fourth-order valence-electron chi connectivity index (χ4n) is 1.49. The third-order valence-corrected chi connectivity index (χ3v) is 2.93. The van der Waals surface area contributed by atoms with E-state index >= 15 is 0 Å². The van der Waals surface area contributed by atoms with Gasteiger partial charge in [0.25, 0.3) is 0 Å². The Morgan fingerprint density at radius 3 is 2.69 bits per heavy atom. The molecular weight excluding hydrogens is 247 g/mol. The van der Waals surface area contributed by atoms with E-state index in [-0.39, 0.29) is 6.04 Å². The zero-order valence-electron chi connectivity index (χ0n) is 8.56. The highest BCUT2D eigenvalue weighted by Crippen LogP contribution is 2.28. The van der Waals surface area contributed by atoms with E-state index in [0.29, 0.717) is 10.0 Å². The van der Waals surface area contributed by atoms with E-state index < -0.39 is 0 Å². The Bertz CT molecular complexity index is 509. The summed E-state index contributed by atoms with van der Waals surface area (Å²) in [6, 6.07) is 4.88. The Hall–Kier alpha value is -1.10. The molecule has 16 heavy (non-hydrogen) atoms. The lowest BCUT2D eigenvalue weighted by atomic mass is 10.1. The van der Waals surface area contributed by atoms with Crippen LogP contribution in [0.1, 0.15) is 17.3 Å². The Morgan fingerprint density at radius 1 is 1.38 bits per heavy atom. The van der Waals surface area contributed by atoms with E-state index in [1.807, 2.05) is 6.07 Å². The number of aryl methyl sites for hydroxylation is 1. The van der Waals surface area contributed by atoms with Crippen LogP contribution in [-0.2, 0) is 7.05 Å². The molecule has 2 N–H and O–H groups in total. The average molecular weight is 257 g/mol. The standard InChI is InChI=1S/C10H10Cl2N4/c1-16-9(5-14-15-16)10(13)7-3-2-6(11)4-8(7)12/h2-5,10H,13H2,1H3. The fourth-order valence-corrected chi connectivity index (χ4v) is 2.02. The minimum absolute atomic E-state index is 0.357. The summed E-state index contributed by atoms with van der Waals surface area (Å²) in [6.45, 7) is 0. The Morgan fingerprint density at radius 2 is 2.12 bits per heavy atom. The van der Waals surface area contributed by atoms with Gasteiger partial charge in [-0.05, 0) is 17.7 Å². The fraction of sp³-hybridized carbons (Fsp3) is 0.200. The summed E-state index contributed by atoms with van der Waals surface area (Å²) in [4.78, 5) is 0. The molecule has 1 aromatic carbocycles. The molecule has 0 amide bonds. The first-order valence-electron chi connectivity index (χ1n) is 4.64. The van der Waals surface area contributed by atoms with Crippen molar-refractivity contribution in [3.8, 4) is 0 Å². The molecule has 4 nitrogen and oxygen atoms in total. The van der Waals surface area contributed by atoms with Crippen molar-refractivity contribution in [1.29, 1.82) is 0 Å². The third-order valence-electron chi connectivity index (χ3n) is 2.37. The highest BCUT2D eigenvalue weighted by molar-refractivity contribution is 6.35. The van der Waals surface area contributed by atoms with E-state index in [9.17, 15) is 0 Å². The van der Waals surface area contributed by atoms with Gasteiger partial charge in [0, 0.05) is 17.1 Å². The lowest BCUT2D eigenvalue weighted by Crippen LogP contribution is -2.16. The molecule has 84 valence electrons. The molecule has 0 aliphatic carbocycles. The molecule has 1 aromatic heterocycles. The lowest BCUT2D eigenvalue weighted by Gasteiger charge is -2.13. The smallest absolute Gasteiger partial charge is 0.0797 e. The van der Waals surface area contributed by atoms with Crippen LogP contribution in [0.2, 0.25) is 10.0 Å². The number of rotatable bonds is 2. The summed E-state index contributed by atoms with van der Waals surface area (Å²) in [5.41, 5.74) is 7.68. The number of nitrogens with two attached hydrogens (primary N) is 1. The Balaban J connectivity index is 2.41. The predicted molar refractivity (Wildman–Crippen MR) is 63.5 cm³/mol. The van der Waals surface area contributed by atoms with Crippen LogP contribution in [0.5, 0.6) is 0 Å². The summed E-state index contributed by atoms with van der Waals surface area (Å²) in [6.07, 6.45) is 1.62. The Kier molecular flexibility index (Phi) is 3.14. The van der Waals surface area contributed by atoms with Gasteiger partial charge >= 0.3 is 0 Å². The van der Waals surface area contributed by atoms with Crippen LogP contribution in [0.4, 0.5) is 0 Å². The zero-order valence-corrected chi connectivity index (χ0v) is 10.1. The van der Waals surface area contributed by atoms with E-state index in [2.05, 4.69) is 10.3 Å². The zero-order chi connectivity index (χ0) is 11.7. The van der Waals surface area contributed by atoms with Crippen molar-refractivity contribution in [3.05, 3.63) is 45.7 Å². The van der Waals surface area contributed by atoms with E-state index in [1.165, 1.54) is 0 Å². The molecule has 0 spiro atoms. The van der Waals surface area contributed by atoms with Gasteiger partial charge in [-0.25, -0.2) is 0 Å². The molecule has 0 bridgehead atoms. The maximum atomic E-state index is 6.08. The first-order valence-corrected chi connectivity index (χ1v) is 5.40. The minimum atomic E-state index is -0.357. The van der Waals surface area contributed by atoms with Gasteiger partial charge < -0.3 is 5.73 Å². The van der Waals surface area contributed by atoms with E-state index in [0.717, 1.165) is 11.3 Å². The number of aromatic nitrogens is 3. The number of hydrogen-bond acceptors (Lipinski definition) is 3. The normalized spacial score (nSPS) is 12.8. The van der Waals surface area contributed by atoms with Crippen molar-refractivity contribution < 1.29 is 0 Å². The first kappa shape index (κ1) is 11.4. The molecule has 6 heteroatoms. The monoisotopic (exact) mass is 256 g/mol. The van der Waals surface area contributed by atoms with Gasteiger partial charge in [-0.1, -0.05) is 34.5 Å². The number of benzene rings is 1. The first-order chi connectivity index (χ1) is 7.59. The van der Waals surface area contributed by atoms with Crippen molar-refractivity contribution in [1.82, 2.24) is 15.0 Å². The molecule has 0 aliphatic rings. The van der Waals surface area contributed by atoms with Gasteiger partial charge in [0.15, 0.2) is 0 Å². The van der Waals surface area contributed by atoms with Gasteiger partial charge in [-0.2, -0.15) is 0 Å². The predicted octanol–water partition coefficient (Wildman–Crippen LogP) is 2.17. The maximum Gasteiger partial charge on any atom is 0.0797 e. The average Bonchev–Trinajstić information content (AvgIpc) is 2.63. The molecule has 2 rings (SSSR count). The summed E-state index contributed by atoms with van der Waals surface area (Å²) < 4.78 is 1.62. The number of halogens is 2. The van der Waals surface area contributed by atoms with Gasteiger partial charge in [0.05, 0.1) is 17.9 Å². The van der Waals surface area contributed by atoms with Crippen LogP contribution in [0, 0.1) is 0 Å². The second-order valence-electron chi connectivity index (χ2n) is 3.43. The molecule has 1 heterocycles. The number of nitrogens with zero attached hydrogens (tertiary/aromatic N) is 3. The molecule has 0 saturated heterocycles. The van der Waals surface area contributed by atoms with E-state index in [1.54, 1.807) is 30.1 Å². The molecule has 0 radical (unpaired) electrons. The van der Waals surface area contributed by atoms with Crippen molar-refractivity contribution in [2.24, 2.45) is 12.8 Å². The molecule has 1 atom stereocenters. The van der Waals surface area contributed by atoms with Crippen LogP contribution in [0.3, 0.4) is 0 Å². The van der Waals surface area contributed by atoms with Crippen molar-refractivity contribution in [2.45, 2.75) is 6.04 Å². The highest BCUT2D eigenvalue weighted by atomic mass is 35.5. The van der Waals surface area contributed by atoms with Crippen LogP contribution in [0.15, 0.2) is 24.4 Å². The quantitative estimate of drug-likeness (QED) is 0.896. The molecule has 1 unspecified atom stereocenters. The molecule has 0 aliphatic heterocycles. The van der Waals surface area contributed by atoms with Gasteiger partial charge in [0.1, 0.15) is 0 Å². The topological polar surface area (TPSA) is 56.7 Å². The maximum absolute atomic E-state index is 6.08. The number of hydrogen-bond donors (Lipinski definition) is 1. The second-order valence-corrected chi connectivity index (χ2v) is 4.27.